The molecule has 0 bridgehead atoms. The molecule has 2 heteroatoms. The van der Waals surface area contributed by atoms with Crippen molar-refractivity contribution in [2.45, 2.75) is 6.92 Å². The smallest absolute Gasteiger partial charge is 0.0641 e. The molecule has 0 amide bonds. The Morgan fingerprint density at radius 3 is 2.64 bits per heavy atom. The van der Waals surface area contributed by atoms with Crippen molar-refractivity contribution < 1.29 is 0 Å². The lowest BCUT2D eigenvalue weighted by Gasteiger charge is -2.05. The Bertz CT molecular complexity index is 292. The third-order valence-corrected chi connectivity index (χ3v) is 1.84. The molecule has 1 rings (SSSR count). The minimum Gasteiger partial charge on any atom is -0.397 e. The molecule has 0 atom stereocenters. The predicted molar refractivity (Wildman–Crippen MR) is 50.6 cm³/mol. The number of hydrogen-bond acceptors (Lipinski definition) is 1. The Morgan fingerprint density at radius 1 is 1.55 bits per heavy atom. The number of nitrogen functional groups attached to an aromatic ring is 1. The van der Waals surface area contributed by atoms with Gasteiger partial charge in [-0.2, -0.15) is 0 Å². The van der Waals surface area contributed by atoms with Crippen molar-refractivity contribution in [1.29, 1.82) is 0 Å². The maximum absolute atomic E-state index is 5.79. The Hall–Kier alpha value is -0.950. The molecule has 0 saturated carbocycles. The number of anilines is 1. The normalized spacial score (nSPS) is 9.64. The number of para-hydroxylation sites is 1. The molecule has 0 saturated heterocycles. The van der Waals surface area contributed by atoms with Crippen molar-refractivity contribution in [3.05, 3.63) is 35.4 Å². The molecule has 0 heterocycles. The van der Waals surface area contributed by atoms with Crippen LogP contribution in [-0.4, -0.2) is 0 Å². The summed E-state index contributed by atoms with van der Waals surface area (Å²) in [6, 6.07) is 5.54. The van der Waals surface area contributed by atoms with Crippen LogP contribution in [0.5, 0.6) is 0 Å². The average molecular weight is 168 g/mol. The third kappa shape index (κ3) is 1.55. The SMILES string of the molecule is C=C(C)c1cccc(Cl)c1N. The Kier molecular flexibility index (Phi) is 2.20. The molecule has 1 nitrogen and oxygen atoms in total. The van der Waals surface area contributed by atoms with Gasteiger partial charge in [-0.05, 0) is 18.6 Å². The van der Waals surface area contributed by atoms with Crippen LogP contribution in [0, 0.1) is 0 Å². The lowest BCUT2D eigenvalue weighted by Crippen LogP contribution is -1.91. The van der Waals surface area contributed by atoms with Crippen molar-refractivity contribution in [3.8, 4) is 0 Å². The molecule has 0 aliphatic carbocycles. The maximum atomic E-state index is 5.79. The summed E-state index contributed by atoms with van der Waals surface area (Å²) >= 11 is 5.79. The zero-order valence-corrected chi connectivity index (χ0v) is 7.15. The Morgan fingerprint density at radius 2 is 2.18 bits per heavy atom. The van der Waals surface area contributed by atoms with Gasteiger partial charge in [0.25, 0.3) is 0 Å². The van der Waals surface area contributed by atoms with Gasteiger partial charge in [-0.15, -0.1) is 0 Å². The van der Waals surface area contributed by atoms with Crippen molar-refractivity contribution in [2.75, 3.05) is 5.73 Å². The number of halogens is 1. The molecule has 2 N–H and O–H groups in total. The van der Waals surface area contributed by atoms with Crippen LogP contribution in [0.3, 0.4) is 0 Å². The van der Waals surface area contributed by atoms with Gasteiger partial charge in [0.1, 0.15) is 0 Å². The van der Waals surface area contributed by atoms with E-state index in [4.69, 9.17) is 17.3 Å². The molecule has 0 fully saturated rings. The molecular weight excluding hydrogens is 158 g/mol. The van der Waals surface area contributed by atoms with Crippen LogP contribution in [0.25, 0.3) is 5.57 Å². The van der Waals surface area contributed by atoms with Crippen molar-refractivity contribution in [2.24, 2.45) is 0 Å². The van der Waals surface area contributed by atoms with E-state index in [1.807, 2.05) is 19.1 Å². The summed E-state index contributed by atoms with van der Waals surface area (Å²) in [7, 11) is 0. The first kappa shape index (κ1) is 8.15. The third-order valence-electron chi connectivity index (χ3n) is 1.51. The molecule has 0 radical (unpaired) electrons. The second-order valence-corrected chi connectivity index (χ2v) is 2.89. The van der Waals surface area contributed by atoms with E-state index in [1.165, 1.54) is 0 Å². The quantitative estimate of drug-likeness (QED) is 0.640. The van der Waals surface area contributed by atoms with Gasteiger partial charge in [0.15, 0.2) is 0 Å². The first-order valence-corrected chi connectivity index (χ1v) is 3.70. The number of rotatable bonds is 1. The van der Waals surface area contributed by atoms with Crippen LogP contribution < -0.4 is 5.73 Å². The van der Waals surface area contributed by atoms with Crippen LogP contribution in [0.4, 0.5) is 5.69 Å². The van der Waals surface area contributed by atoms with E-state index < -0.39 is 0 Å². The van der Waals surface area contributed by atoms with Crippen LogP contribution in [0.2, 0.25) is 5.02 Å². The van der Waals surface area contributed by atoms with Crippen molar-refractivity contribution >= 4 is 22.9 Å². The minimum atomic E-state index is 0.588. The van der Waals surface area contributed by atoms with Gasteiger partial charge in [-0.1, -0.05) is 30.3 Å². The molecule has 1 aromatic rings. The topological polar surface area (TPSA) is 26.0 Å². The minimum absolute atomic E-state index is 0.588. The molecule has 0 spiro atoms. The fourth-order valence-corrected chi connectivity index (χ4v) is 1.08. The summed E-state index contributed by atoms with van der Waals surface area (Å²) < 4.78 is 0. The lowest BCUT2D eigenvalue weighted by molar-refractivity contribution is 1.57. The second kappa shape index (κ2) is 2.97. The molecule has 0 aliphatic heterocycles. The van der Waals surface area contributed by atoms with Crippen molar-refractivity contribution in [1.82, 2.24) is 0 Å². The summed E-state index contributed by atoms with van der Waals surface area (Å²) in [5.74, 6) is 0. The number of hydrogen-bond donors (Lipinski definition) is 1. The average Bonchev–Trinajstić information content (AvgIpc) is 1.94. The lowest BCUT2D eigenvalue weighted by atomic mass is 10.1. The Balaban J connectivity index is 3.27. The van der Waals surface area contributed by atoms with Gasteiger partial charge in [-0.25, -0.2) is 0 Å². The first-order valence-electron chi connectivity index (χ1n) is 3.33. The van der Waals surface area contributed by atoms with Crippen LogP contribution >= 0.6 is 11.6 Å². The fraction of sp³-hybridized carbons (Fsp3) is 0.111. The molecule has 1 aromatic carbocycles. The summed E-state index contributed by atoms with van der Waals surface area (Å²) in [6.07, 6.45) is 0. The van der Waals surface area contributed by atoms with Crippen LogP contribution in [0.15, 0.2) is 24.8 Å². The van der Waals surface area contributed by atoms with Gasteiger partial charge >= 0.3 is 0 Å². The van der Waals surface area contributed by atoms with Gasteiger partial charge < -0.3 is 5.73 Å². The van der Waals surface area contributed by atoms with Gasteiger partial charge in [0.05, 0.1) is 10.7 Å². The first-order chi connectivity index (χ1) is 5.13. The monoisotopic (exact) mass is 167 g/mol. The van der Waals surface area contributed by atoms with E-state index in [-0.39, 0.29) is 0 Å². The highest BCUT2D eigenvalue weighted by Crippen LogP contribution is 2.26. The largest absolute Gasteiger partial charge is 0.397 e. The van der Waals surface area contributed by atoms with E-state index in [0.29, 0.717) is 10.7 Å². The summed E-state index contributed by atoms with van der Waals surface area (Å²) in [6.45, 7) is 5.69. The molecule has 58 valence electrons. The molecular formula is C9H10ClN. The van der Waals surface area contributed by atoms with E-state index in [1.54, 1.807) is 6.07 Å². The maximum Gasteiger partial charge on any atom is 0.0641 e. The van der Waals surface area contributed by atoms with Gasteiger partial charge in [-0.3, -0.25) is 0 Å². The summed E-state index contributed by atoms with van der Waals surface area (Å²) in [4.78, 5) is 0. The summed E-state index contributed by atoms with van der Waals surface area (Å²) in [5.41, 5.74) is 8.17. The second-order valence-electron chi connectivity index (χ2n) is 2.48. The number of nitrogens with two attached hydrogens (primary N) is 1. The van der Waals surface area contributed by atoms with E-state index in [2.05, 4.69) is 6.58 Å². The molecule has 11 heavy (non-hydrogen) atoms. The predicted octanol–water partition coefficient (Wildman–Crippen LogP) is 2.96. The standard InChI is InChI=1S/C9H10ClN/c1-6(2)7-4-3-5-8(10)9(7)11/h3-5H,1,11H2,2H3. The fourth-order valence-electron chi connectivity index (χ4n) is 0.909. The van der Waals surface area contributed by atoms with Gasteiger partial charge in [0.2, 0.25) is 0 Å². The zero-order valence-electron chi connectivity index (χ0n) is 6.39. The molecule has 0 aliphatic rings. The molecule has 0 aromatic heterocycles. The van der Waals surface area contributed by atoms with Crippen molar-refractivity contribution in [3.63, 3.8) is 0 Å². The van der Waals surface area contributed by atoms with E-state index >= 15 is 0 Å². The highest BCUT2D eigenvalue weighted by atomic mass is 35.5. The Labute approximate surface area is 71.5 Å². The highest BCUT2D eigenvalue weighted by molar-refractivity contribution is 6.33. The highest BCUT2D eigenvalue weighted by Gasteiger charge is 2.01. The van der Waals surface area contributed by atoms with Gasteiger partial charge in [0, 0.05) is 5.56 Å². The van der Waals surface area contributed by atoms with Crippen LogP contribution in [0.1, 0.15) is 12.5 Å². The number of allylic oxidation sites excluding steroid dienone is 1. The van der Waals surface area contributed by atoms with E-state index in [0.717, 1.165) is 11.1 Å². The summed E-state index contributed by atoms with van der Waals surface area (Å²) in [5, 5.41) is 0.588. The zero-order chi connectivity index (χ0) is 8.43. The van der Waals surface area contributed by atoms with E-state index in [9.17, 15) is 0 Å². The number of benzene rings is 1. The molecule has 0 unspecified atom stereocenters. The van der Waals surface area contributed by atoms with Crippen LogP contribution in [-0.2, 0) is 0 Å².